The number of piperidine rings is 1. The number of allylic oxidation sites excluding steroid dienone is 2. The zero-order chi connectivity index (χ0) is 18.9. The van der Waals surface area contributed by atoms with E-state index in [4.69, 9.17) is 0 Å². The lowest BCUT2D eigenvalue weighted by Crippen LogP contribution is -2.47. The predicted molar refractivity (Wildman–Crippen MR) is 101 cm³/mol. The van der Waals surface area contributed by atoms with Gasteiger partial charge in [-0.1, -0.05) is 25.5 Å². The Morgan fingerprint density at radius 2 is 1.81 bits per heavy atom. The maximum Gasteiger partial charge on any atom is 0.251 e. The number of carbonyl (C=O) groups is 2. The molecule has 1 aromatic heterocycles. The van der Waals surface area contributed by atoms with E-state index in [9.17, 15) is 9.59 Å². The van der Waals surface area contributed by atoms with Crippen molar-refractivity contribution in [1.82, 2.24) is 15.2 Å². The van der Waals surface area contributed by atoms with Crippen molar-refractivity contribution in [2.24, 2.45) is 17.3 Å². The number of nitrogens with one attached hydrogen (secondary N) is 1. The Kier molecular flexibility index (Phi) is 5.17. The smallest absolute Gasteiger partial charge is 0.251 e. The van der Waals surface area contributed by atoms with Crippen LogP contribution >= 0.6 is 0 Å². The number of nitrogens with zero attached hydrogens (tertiary/aromatic N) is 2. The molecule has 5 nitrogen and oxygen atoms in total. The van der Waals surface area contributed by atoms with Gasteiger partial charge in [-0.05, 0) is 50.2 Å². The van der Waals surface area contributed by atoms with Crippen molar-refractivity contribution in [2.75, 3.05) is 13.1 Å². The second kappa shape index (κ2) is 7.22. The van der Waals surface area contributed by atoms with E-state index in [-0.39, 0.29) is 29.2 Å². The van der Waals surface area contributed by atoms with E-state index in [2.05, 4.69) is 44.1 Å². The Morgan fingerprint density at radius 3 is 2.38 bits per heavy atom. The first-order valence-electron chi connectivity index (χ1n) is 9.45. The van der Waals surface area contributed by atoms with E-state index in [1.54, 1.807) is 24.5 Å². The molecule has 2 aliphatic rings. The molecule has 5 heteroatoms. The minimum atomic E-state index is -0.0656. The van der Waals surface area contributed by atoms with Gasteiger partial charge in [0.05, 0.1) is 5.92 Å². The summed E-state index contributed by atoms with van der Waals surface area (Å²) in [5.74, 6) is 0.657. The molecule has 1 saturated carbocycles. The summed E-state index contributed by atoms with van der Waals surface area (Å²) in [6.07, 6.45) is 7.10. The summed E-state index contributed by atoms with van der Waals surface area (Å²) in [4.78, 5) is 31.1. The Bertz CT molecular complexity index is 699. The van der Waals surface area contributed by atoms with Crippen molar-refractivity contribution < 1.29 is 9.59 Å². The number of hydrogen-bond acceptors (Lipinski definition) is 3. The third-order valence-corrected chi connectivity index (χ3v) is 5.77. The Balaban J connectivity index is 1.52. The highest BCUT2D eigenvalue weighted by Crippen LogP contribution is 2.60. The topological polar surface area (TPSA) is 62.3 Å². The molecule has 3 rings (SSSR count). The van der Waals surface area contributed by atoms with Crippen molar-refractivity contribution in [3.05, 3.63) is 41.7 Å². The van der Waals surface area contributed by atoms with Gasteiger partial charge in [-0.2, -0.15) is 0 Å². The molecule has 0 radical (unpaired) electrons. The quantitative estimate of drug-likeness (QED) is 0.845. The fourth-order valence-electron chi connectivity index (χ4n) is 4.03. The van der Waals surface area contributed by atoms with Gasteiger partial charge >= 0.3 is 0 Å². The van der Waals surface area contributed by atoms with Crippen LogP contribution in [0.2, 0.25) is 0 Å². The van der Waals surface area contributed by atoms with Crippen LogP contribution in [0, 0.1) is 17.3 Å². The van der Waals surface area contributed by atoms with Gasteiger partial charge in [-0.3, -0.25) is 14.6 Å². The van der Waals surface area contributed by atoms with Crippen LogP contribution < -0.4 is 5.32 Å². The number of rotatable bonds is 4. The normalized spacial score (nSPS) is 24.7. The number of hydrogen-bond donors (Lipinski definition) is 1. The third kappa shape index (κ3) is 3.81. The molecule has 1 aliphatic carbocycles. The number of amides is 2. The van der Waals surface area contributed by atoms with Crippen LogP contribution in [0.5, 0.6) is 0 Å². The summed E-state index contributed by atoms with van der Waals surface area (Å²) in [5.41, 5.74) is 1.96. The summed E-state index contributed by atoms with van der Waals surface area (Å²) in [6, 6.07) is 3.56. The SMILES string of the molecule is CC(C)=C[C@H]1[C@H](C(=O)N2CCC(NC(=O)c3ccncc3)CC2)C1(C)C. The second-order valence-corrected chi connectivity index (χ2v) is 8.38. The van der Waals surface area contributed by atoms with E-state index < -0.39 is 0 Å². The van der Waals surface area contributed by atoms with Gasteiger partial charge in [-0.15, -0.1) is 0 Å². The standard InChI is InChI=1S/C21H29N3O2/c1-14(2)13-17-18(21(17,3)4)20(26)24-11-7-16(8-12-24)23-19(25)15-5-9-22-10-6-15/h5-6,9-10,13,16-18H,7-8,11-12H2,1-4H3,(H,23,25)/t17-,18+/m0/s1. The van der Waals surface area contributed by atoms with E-state index in [1.807, 2.05) is 4.90 Å². The molecule has 1 aliphatic heterocycles. The molecule has 0 unspecified atom stereocenters. The number of likely N-dealkylation sites (tertiary alicyclic amines) is 1. The highest BCUT2D eigenvalue weighted by Gasteiger charge is 2.61. The van der Waals surface area contributed by atoms with E-state index in [1.165, 1.54) is 5.57 Å². The zero-order valence-corrected chi connectivity index (χ0v) is 16.2. The summed E-state index contributed by atoms with van der Waals surface area (Å²) >= 11 is 0. The number of pyridine rings is 1. The van der Waals surface area contributed by atoms with Crippen molar-refractivity contribution >= 4 is 11.8 Å². The molecule has 0 bridgehead atoms. The number of carbonyl (C=O) groups excluding carboxylic acids is 2. The molecule has 2 heterocycles. The van der Waals surface area contributed by atoms with E-state index in [0.29, 0.717) is 24.6 Å². The van der Waals surface area contributed by atoms with Crippen LogP contribution in [0.15, 0.2) is 36.2 Å². The van der Waals surface area contributed by atoms with Crippen LogP contribution in [0.3, 0.4) is 0 Å². The first-order chi connectivity index (χ1) is 12.3. The van der Waals surface area contributed by atoms with Gasteiger partial charge in [0, 0.05) is 37.1 Å². The maximum atomic E-state index is 12.9. The molecule has 0 spiro atoms. The summed E-state index contributed by atoms with van der Waals surface area (Å²) in [7, 11) is 0. The average molecular weight is 355 g/mol. The molecular formula is C21H29N3O2. The van der Waals surface area contributed by atoms with Crippen molar-refractivity contribution in [3.8, 4) is 0 Å². The van der Waals surface area contributed by atoms with Gasteiger partial charge in [0.25, 0.3) is 5.91 Å². The van der Waals surface area contributed by atoms with Crippen LogP contribution in [-0.4, -0.2) is 40.8 Å². The molecule has 1 saturated heterocycles. The lowest BCUT2D eigenvalue weighted by atomic mass is 10.0. The van der Waals surface area contributed by atoms with Crippen LogP contribution in [-0.2, 0) is 4.79 Å². The van der Waals surface area contributed by atoms with Crippen molar-refractivity contribution in [3.63, 3.8) is 0 Å². The molecule has 1 aromatic rings. The molecule has 2 fully saturated rings. The maximum absolute atomic E-state index is 12.9. The second-order valence-electron chi connectivity index (χ2n) is 8.38. The lowest BCUT2D eigenvalue weighted by Gasteiger charge is -2.33. The molecule has 2 amide bonds. The Morgan fingerprint density at radius 1 is 1.19 bits per heavy atom. The highest BCUT2D eigenvalue weighted by atomic mass is 16.2. The van der Waals surface area contributed by atoms with Crippen LogP contribution in [0.4, 0.5) is 0 Å². The monoisotopic (exact) mass is 355 g/mol. The fourth-order valence-corrected chi connectivity index (χ4v) is 4.03. The molecule has 1 N–H and O–H groups in total. The highest BCUT2D eigenvalue weighted by molar-refractivity contribution is 5.94. The Hall–Kier alpha value is -2.17. The van der Waals surface area contributed by atoms with Gasteiger partial charge in [0.1, 0.15) is 0 Å². The Labute approximate surface area is 155 Å². The lowest BCUT2D eigenvalue weighted by molar-refractivity contribution is -0.134. The number of aromatic nitrogens is 1. The van der Waals surface area contributed by atoms with Crippen molar-refractivity contribution in [1.29, 1.82) is 0 Å². The van der Waals surface area contributed by atoms with Gasteiger partial charge in [0.15, 0.2) is 0 Å². The van der Waals surface area contributed by atoms with Gasteiger partial charge in [0.2, 0.25) is 5.91 Å². The van der Waals surface area contributed by atoms with Crippen LogP contribution in [0.25, 0.3) is 0 Å². The molecule has 140 valence electrons. The van der Waals surface area contributed by atoms with E-state index >= 15 is 0 Å². The molecular weight excluding hydrogens is 326 g/mol. The first kappa shape index (κ1) is 18.6. The average Bonchev–Trinajstić information content (AvgIpc) is 3.15. The van der Waals surface area contributed by atoms with Gasteiger partial charge in [-0.25, -0.2) is 0 Å². The largest absolute Gasteiger partial charge is 0.349 e. The first-order valence-corrected chi connectivity index (χ1v) is 9.45. The van der Waals surface area contributed by atoms with Crippen LogP contribution in [0.1, 0.15) is 50.9 Å². The van der Waals surface area contributed by atoms with Crippen molar-refractivity contribution in [2.45, 2.75) is 46.6 Å². The minimum absolute atomic E-state index is 0.0563. The zero-order valence-electron chi connectivity index (χ0n) is 16.2. The predicted octanol–water partition coefficient (Wildman–Crippen LogP) is 3.04. The third-order valence-electron chi connectivity index (χ3n) is 5.77. The van der Waals surface area contributed by atoms with Gasteiger partial charge < -0.3 is 10.2 Å². The molecule has 2 atom stereocenters. The molecule has 0 aromatic carbocycles. The van der Waals surface area contributed by atoms with E-state index in [0.717, 1.165) is 12.8 Å². The fraction of sp³-hybridized carbons (Fsp3) is 0.571. The summed E-state index contributed by atoms with van der Waals surface area (Å²) < 4.78 is 0. The summed E-state index contributed by atoms with van der Waals surface area (Å²) in [5, 5.41) is 3.08. The summed E-state index contributed by atoms with van der Waals surface area (Å²) in [6.45, 7) is 9.98. The molecule has 26 heavy (non-hydrogen) atoms. The minimum Gasteiger partial charge on any atom is -0.349 e.